The molecule has 0 bridgehead atoms. The van der Waals surface area contributed by atoms with E-state index in [0.29, 0.717) is 30.6 Å². The summed E-state index contributed by atoms with van der Waals surface area (Å²) in [5.41, 5.74) is 8.44. The molecule has 1 fully saturated rings. The van der Waals surface area contributed by atoms with E-state index in [1.807, 2.05) is 18.2 Å². The lowest BCUT2D eigenvalue weighted by Crippen LogP contribution is -2.29. The molecule has 0 radical (unpaired) electrons. The Bertz CT molecular complexity index is 878. The van der Waals surface area contributed by atoms with Gasteiger partial charge >= 0.3 is 0 Å². The van der Waals surface area contributed by atoms with Crippen molar-refractivity contribution in [3.8, 4) is 0 Å². The maximum atomic E-state index is 11.6. The van der Waals surface area contributed by atoms with Crippen molar-refractivity contribution >= 4 is 35.0 Å². The summed E-state index contributed by atoms with van der Waals surface area (Å²) in [6.45, 7) is 0. The molecular weight excluding hydrogens is 332 g/mol. The lowest BCUT2D eigenvalue weighted by molar-refractivity contribution is -0.116. The Morgan fingerprint density at radius 2 is 2.12 bits per heavy atom. The summed E-state index contributed by atoms with van der Waals surface area (Å²) in [6, 6.07) is 6.01. The molecular formula is C18H20N6O2. The Morgan fingerprint density at radius 1 is 1.27 bits per heavy atom. The smallest absolute Gasteiger partial charge is 0.254 e. The lowest BCUT2D eigenvalue weighted by Gasteiger charge is -2.27. The quantitative estimate of drug-likeness (QED) is 0.654. The number of anilines is 4. The number of carbonyl (C=O) groups is 2. The Morgan fingerprint density at radius 3 is 2.85 bits per heavy atom. The van der Waals surface area contributed by atoms with Gasteiger partial charge in [0, 0.05) is 30.0 Å². The van der Waals surface area contributed by atoms with Crippen molar-refractivity contribution in [1.29, 1.82) is 0 Å². The molecule has 26 heavy (non-hydrogen) atoms. The summed E-state index contributed by atoms with van der Waals surface area (Å²) < 4.78 is 0. The number of rotatable bonds is 5. The topological polar surface area (TPSA) is 122 Å². The van der Waals surface area contributed by atoms with Crippen molar-refractivity contribution in [2.24, 2.45) is 5.73 Å². The first-order valence-electron chi connectivity index (χ1n) is 8.71. The van der Waals surface area contributed by atoms with Gasteiger partial charge in [-0.3, -0.25) is 9.59 Å². The van der Waals surface area contributed by atoms with E-state index in [9.17, 15) is 9.59 Å². The molecule has 0 atom stereocenters. The zero-order chi connectivity index (χ0) is 18.1. The number of carbonyl (C=O) groups excluding carboxylic acids is 2. The molecule has 4 rings (SSSR count). The Labute approximate surface area is 150 Å². The largest absolute Gasteiger partial charge is 0.367 e. The number of nitrogens with zero attached hydrogens (tertiary/aromatic N) is 2. The third kappa shape index (κ3) is 3.30. The number of hydrogen-bond donors (Lipinski definition) is 4. The fraction of sp³-hybridized carbons (Fsp3) is 0.333. The van der Waals surface area contributed by atoms with E-state index in [0.717, 1.165) is 29.8 Å². The van der Waals surface area contributed by atoms with Gasteiger partial charge in [-0.05, 0) is 49.4 Å². The average molecular weight is 352 g/mol. The molecule has 0 unspecified atom stereocenters. The van der Waals surface area contributed by atoms with Gasteiger partial charge in [0.25, 0.3) is 5.91 Å². The number of aryl methyl sites for hydroxylation is 1. The van der Waals surface area contributed by atoms with Gasteiger partial charge in [-0.1, -0.05) is 0 Å². The summed E-state index contributed by atoms with van der Waals surface area (Å²) >= 11 is 0. The molecule has 2 amide bonds. The second-order valence-corrected chi connectivity index (χ2v) is 6.64. The molecule has 0 saturated heterocycles. The minimum Gasteiger partial charge on any atom is -0.367 e. The van der Waals surface area contributed by atoms with Crippen LogP contribution in [0, 0.1) is 0 Å². The first-order chi connectivity index (χ1) is 12.6. The minimum atomic E-state index is -0.553. The molecule has 2 aromatic rings. The zero-order valence-corrected chi connectivity index (χ0v) is 14.2. The van der Waals surface area contributed by atoms with Gasteiger partial charge in [0.15, 0.2) is 0 Å². The third-order valence-corrected chi connectivity index (χ3v) is 4.76. The standard InChI is InChI=1S/C18H20N6O2/c19-16(26)13-9-20-18(24-17(13)21-11-2-1-3-11)22-12-5-6-14-10(8-12)4-7-15(25)23-14/h5-6,8-9,11H,1-4,7H2,(H2,19,26)(H,23,25)(H2,20,21,22,24). The number of hydrogen-bond acceptors (Lipinski definition) is 6. The highest BCUT2D eigenvalue weighted by Crippen LogP contribution is 2.28. The zero-order valence-electron chi connectivity index (χ0n) is 14.2. The molecule has 1 aromatic heterocycles. The molecule has 5 N–H and O–H groups in total. The van der Waals surface area contributed by atoms with Crippen LogP contribution >= 0.6 is 0 Å². The maximum Gasteiger partial charge on any atom is 0.254 e. The van der Waals surface area contributed by atoms with Crippen LogP contribution in [-0.2, 0) is 11.2 Å². The molecule has 1 aliphatic carbocycles. The van der Waals surface area contributed by atoms with Gasteiger partial charge in [-0.15, -0.1) is 0 Å². The Balaban J connectivity index is 1.56. The fourth-order valence-electron chi connectivity index (χ4n) is 3.07. The second-order valence-electron chi connectivity index (χ2n) is 6.64. The van der Waals surface area contributed by atoms with Crippen molar-refractivity contribution < 1.29 is 9.59 Å². The molecule has 0 spiro atoms. The van der Waals surface area contributed by atoms with Crippen molar-refractivity contribution in [3.05, 3.63) is 35.5 Å². The number of benzene rings is 1. The Hall–Kier alpha value is -3.16. The van der Waals surface area contributed by atoms with E-state index >= 15 is 0 Å². The van der Waals surface area contributed by atoms with Crippen LogP contribution in [0.3, 0.4) is 0 Å². The van der Waals surface area contributed by atoms with Gasteiger partial charge in [-0.2, -0.15) is 4.98 Å². The predicted octanol–water partition coefficient (Wildman–Crippen LogP) is 2.17. The highest BCUT2D eigenvalue weighted by molar-refractivity contribution is 5.97. The average Bonchev–Trinajstić information content (AvgIpc) is 2.58. The van der Waals surface area contributed by atoms with Gasteiger partial charge < -0.3 is 21.7 Å². The number of fused-ring (bicyclic) bond motifs is 1. The van der Waals surface area contributed by atoms with E-state index in [-0.39, 0.29) is 11.5 Å². The second kappa shape index (κ2) is 6.62. The first kappa shape index (κ1) is 16.3. The van der Waals surface area contributed by atoms with Crippen LogP contribution in [0.1, 0.15) is 41.6 Å². The van der Waals surface area contributed by atoms with Gasteiger partial charge in [0.2, 0.25) is 11.9 Å². The van der Waals surface area contributed by atoms with Crippen molar-refractivity contribution in [1.82, 2.24) is 9.97 Å². The normalized spacial score (nSPS) is 16.2. The van der Waals surface area contributed by atoms with E-state index < -0.39 is 5.91 Å². The molecule has 2 heterocycles. The molecule has 8 nitrogen and oxygen atoms in total. The van der Waals surface area contributed by atoms with Crippen LogP contribution in [0.25, 0.3) is 0 Å². The molecule has 1 saturated carbocycles. The summed E-state index contributed by atoms with van der Waals surface area (Å²) in [4.78, 5) is 31.7. The van der Waals surface area contributed by atoms with Crippen LogP contribution < -0.4 is 21.7 Å². The minimum absolute atomic E-state index is 0.0373. The number of amides is 2. The number of nitrogens with one attached hydrogen (secondary N) is 3. The number of aromatic nitrogens is 2. The van der Waals surface area contributed by atoms with Gasteiger partial charge in [0.05, 0.1) is 5.56 Å². The molecule has 134 valence electrons. The fourth-order valence-corrected chi connectivity index (χ4v) is 3.07. The van der Waals surface area contributed by atoms with Crippen LogP contribution in [0.2, 0.25) is 0 Å². The number of primary amides is 1. The molecule has 8 heteroatoms. The summed E-state index contributed by atoms with van der Waals surface area (Å²) in [5.74, 6) is 0.333. The molecule has 1 aliphatic heterocycles. The highest BCUT2D eigenvalue weighted by Gasteiger charge is 2.21. The highest BCUT2D eigenvalue weighted by atomic mass is 16.2. The predicted molar refractivity (Wildman–Crippen MR) is 98.5 cm³/mol. The number of nitrogens with two attached hydrogens (primary N) is 1. The summed E-state index contributed by atoms with van der Waals surface area (Å²) in [7, 11) is 0. The first-order valence-corrected chi connectivity index (χ1v) is 8.71. The van der Waals surface area contributed by atoms with E-state index in [1.54, 1.807) is 0 Å². The van der Waals surface area contributed by atoms with Gasteiger partial charge in [0.1, 0.15) is 5.82 Å². The monoisotopic (exact) mass is 352 g/mol. The Kier molecular flexibility index (Phi) is 4.16. The van der Waals surface area contributed by atoms with Crippen molar-refractivity contribution in [3.63, 3.8) is 0 Å². The molecule has 1 aromatic carbocycles. The third-order valence-electron chi connectivity index (χ3n) is 4.76. The van der Waals surface area contributed by atoms with Crippen LogP contribution in [0.15, 0.2) is 24.4 Å². The molecule has 2 aliphatic rings. The SMILES string of the molecule is NC(=O)c1cnc(Nc2ccc3c(c2)CCC(=O)N3)nc1NC1CCC1. The van der Waals surface area contributed by atoms with E-state index in [4.69, 9.17) is 5.73 Å². The van der Waals surface area contributed by atoms with Crippen LogP contribution in [-0.4, -0.2) is 27.8 Å². The van der Waals surface area contributed by atoms with Crippen molar-refractivity contribution in [2.75, 3.05) is 16.0 Å². The summed E-state index contributed by atoms with van der Waals surface area (Å²) in [6.07, 6.45) is 5.91. The van der Waals surface area contributed by atoms with E-state index in [1.165, 1.54) is 12.6 Å². The van der Waals surface area contributed by atoms with Crippen LogP contribution in [0.5, 0.6) is 0 Å². The maximum absolute atomic E-state index is 11.6. The van der Waals surface area contributed by atoms with E-state index in [2.05, 4.69) is 25.9 Å². The summed E-state index contributed by atoms with van der Waals surface area (Å²) in [5, 5.41) is 9.28. The van der Waals surface area contributed by atoms with Gasteiger partial charge in [-0.25, -0.2) is 4.98 Å². The lowest BCUT2D eigenvalue weighted by atomic mass is 9.93. The van der Waals surface area contributed by atoms with Crippen LogP contribution in [0.4, 0.5) is 23.1 Å². The van der Waals surface area contributed by atoms with Crippen molar-refractivity contribution in [2.45, 2.75) is 38.1 Å².